The van der Waals surface area contributed by atoms with E-state index in [0.717, 1.165) is 18.5 Å². The summed E-state index contributed by atoms with van der Waals surface area (Å²) in [7, 11) is 0. The lowest BCUT2D eigenvalue weighted by Gasteiger charge is -2.20. The minimum Gasteiger partial charge on any atom is -0.480 e. The highest BCUT2D eigenvalue weighted by Crippen LogP contribution is 2.27. The zero-order chi connectivity index (χ0) is 12.3. The monoisotopic (exact) mass is 234 g/mol. The smallest absolute Gasteiger partial charge is 0.322 e. The van der Waals surface area contributed by atoms with Gasteiger partial charge in [0.25, 0.3) is 0 Å². The van der Waals surface area contributed by atoms with Gasteiger partial charge in [-0.25, -0.2) is 0 Å². The Bertz CT molecular complexity index is 418. The first-order valence-corrected chi connectivity index (χ1v) is 6.01. The summed E-state index contributed by atoms with van der Waals surface area (Å²) >= 11 is 0. The zero-order valence-corrected chi connectivity index (χ0v) is 9.78. The van der Waals surface area contributed by atoms with Crippen molar-refractivity contribution in [3.05, 3.63) is 29.3 Å². The average molecular weight is 234 g/mol. The largest absolute Gasteiger partial charge is 0.480 e. The quantitative estimate of drug-likeness (QED) is 0.736. The standard InChI is InChI=1S/C13H18N2O2/c14-11(13(16)17)8-15-12-7-3-5-9-4-1-2-6-10(9)12/h3,5,7,11,15H,1-2,4,6,8,14H2,(H,16,17). The van der Waals surface area contributed by atoms with E-state index in [1.807, 2.05) is 12.1 Å². The molecule has 1 aliphatic carbocycles. The van der Waals surface area contributed by atoms with Crippen LogP contribution in [-0.4, -0.2) is 23.7 Å². The zero-order valence-electron chi connectivity index (χ0n) is 9.78. The molecule has 0 aliphatic heterocycles. The Balaban J connectivity index is 2.08. The van der Waals surface area contributed by atoms with Crippen molar-refractivity contribution in [2.75, 3.05) is 11.9 Å². The van der Waals surface area contributed by atoms with Gasteiger partial charge in [0.15, 0.2) is 0 Å². The number of hydrogen-bond acceptors (Lipinski definition) is 3. The topological polar surface area (TPSA) is 75.3 Å². The fourth-order valence-electron chi connectivity index (χ4n) is 2.25. The molecule has 0 bridgehead atoms. The number of nitrogens with two attached hydrogens (primary N) is 1. The molecule has 92 valence electrons. The van der Waals surface area contributed by atoms with Crippen molar-refractivity contribution < 1.29 is 9.90 Å². The highest BCUT2D eigenvalue weighted by Gasteiger charge is 2.15. The van der Waals surface area contributed by atoms with E-state index in [1.54, 1.807) is 0 Å². The van der Waals surface area contributed by atoms with Gasteiger partial charge in [-0.1, -0.05) is 12.1 Å². The molecule has 4 N–H and O–H groups in total. The van der Waals surface area contributed by atoms with Gasteiger partial charge >= 0.3 is 5.97 Å². The van der Waals surface area contributed by atoms with Crippen molar-refractivity contribution in [1.82, 2.24) is 0 Å². The highest BCUT2D eigenvalue weighted by atomic mass is 16.4. The van der Waals surface area contributed by atoms with Crippen LogP contribution in [0.1, 0.15) is 24.0 Å². The molecule has 4 heteroatoms. The van der Waals surface area contributed by atoms with Gasteiger partial charge in [0.2, 0.25) is 0 Å². The van der Waals surface area contributed by atoms with Crippen molar-refractivity contribution >= 4 is 11.7 Å². The lowest BCUT2D eigenvalue weighted by Crippen LogP contribution is -2.37. The summed E-state index contributed by atoms with van der Waals surface area (Å²) in [5, 5.41) is 11.9. The number of carbonyl (C=O) groups is 1. The Kier molecular flexibility index (Phi) is 3.64. The van der Waals surface area contributed by atoms with Crippen LogP contribution < -0.4 is 11.1 Å². The maximum absolute atomic E-state index is 10.6. The summed E-state index contributed by atoms with van der Waals surface area (Å²) < 4.78 is 0. The van der Waals surface area contributed by atoms with E-state index in [0.29, 0.717) is 0 Å². The van der Waals surface area contributed by atoms with Gasteiger partial charge in [0, 0.05) is 12.2 Å². The molecule has 1 unspecified atom stereocenters. The molecule has 17 heavy (non-hydrogen) atoms. The Morgan fingerprint density at radius 2 is 2.18 bits per heavy atom. The number of carboxylic acids is 1. The van der Waals surface area contributed by atoms with E-state index in [2.05, 4.69) is 11.4 Å². The van der Waals surface area contributed by atoms with Crippen LogP contribution in [-0.2, 0) is 17.6 Å². The molecule has 2 rings (SSSR count). The molecule has 0 radical (unpaired) electrons. The minimum absolute atomic E-state index is 0.270. The summed E-state index contributed by atoms with van der Waals surface area (Å²) in [6, 6.07) is 5.31. The van der Waals surface area contributed by atoms with Crippen LogP contribution in [0.2, 0.25) is 0 Å². The molecule has 0 amide bonds. The third-order valence-corrected chi connectivity index (χ3v) is 3.23. The molecular formula is C13H18N2O2. The molecule has 1 aliphatic rings. The third-order valence-electron chi connectivity index (χ3n) is 3.23. The predicted molar refractivity (Wildman–Crippen MR) is 67.2 cm³/mol. The van der Waals surface area contributed by atoms with Gasteiger partial charge in [-0.3, -0.25) is 4.79 Å². The molecule has 4 nitrogen and oxygen atoms in total. The Labute approximate surface area is 101 Å². The van der Waals surface area contributed by atoms with Crippen molar-refractivity contribution in [3.63, 3.8) is 0 Å². The SMILES string of the molecule is NC(CNc1cccc2c1CCCC2)C(=O)O. The van der Waals surface area contributed by atoms with Crippen LogP contribution in [0, 0.1) is 0 Å². The molecule has 1 aromatic rings. The van der Waals surface area contributed by atoms with Crippen LogP contribution in [0.3, 0.4) is 0 Å². The maximum atomic E-state index is 10.6. The Morgan fingerprint density at radius 1 is 1.41 bits per heavy atom. The number of benzene rings is 1. The summed E-state index contributed by atoms with van der Waals surface area (Å²) in [5.41, 5.74) is 9.23. The third kappa shape index (κ3) is 2.77. The first kappa shape index (κ1) is 11.9. The number of carboxylic acid groups (broad SMARTS) is 1. The highest BCUT2D eigenvalue weighted by molar-refractivity contribution is 5.74. The van der Waals surface area contributed by atoms with E-state index in [1.165, 1.54) is 24.0 Å². The van der Waals surface area contributed by atoms with Crippen molar-refractivity contribution in [1.29, 1.82) is 0 Å². The van der Waals surface area contributed by atoms with Crippen molar-refractivity contribution in [2.24, 2.45) is 5.73 Å². The minimum atomic E-state index is -0.970. The first-order chi connectivity index (χ1) is 8.18. The van der Waals surface area contributed by atoms with Crippen molar-refractivity contribution in [3.8, 4) is 0 Å². The number of nitrogens with one attached hydrogen (secondary N) is 1. The lowest BCUT2D eigenvalue weighted by atomic mass is 9.90. The van der Waals surface area contributed by atoms with Crippen LogP contribution in [0.5, 0.6) is 0 Å². The number of aliphatic carboxylic acids is 1. The summed E-state index contributed by atoms with van der Waals surface area (Å²) in [6.07, 6.45) is 4.64. The average Bonchev–Trinajstić information content (AvgIpc) is 2.35. The lowest BCUT2D eigenvalue weighted by molar-refractivity contribution is -0.138. The number of hydrogen-bond donors (Lipinski definition) is 3. The van der Waals surface area contributed by atoms with Crippen LogP contribution in [0.25, 0.3) is 0 Å². The Hall–Kier alpha value is -1.55. The molecule has 0 fully saturated rings. The molecule has 0 spiro atoms. The second kappa shape index (κ2) is 5.19. The van der Waals surface area contributed by atoms with Crippen LogP contribution >= 0.6 is 0 Å². The fourth-order valence-corrected chi connectivity index (χ4v) is 2.25. The van der Waals surface area contributed by atoms with E-state index in [4.69, 9.17) is 10.8 Å². The van der Waals surface area contributed by atoms with Crippen LogP contribution in [0.15, 0.2) is 18.2 Å². The van der Waals surface area contributed by atoms with E-state index >= 15 is 0 Å². The molecule has 0 saturated heterocycles. The summed E-state index contributed by atoms with van der Waals surface area (Å²) in [4.78, 5) is 10.6. The summed E-state index contributed by atoms with van der Waals surface area (Å²) in [5.74, 6) is -0.970. The Morgan fingerprint density at radius 3 is 2.94 bits per heavy atom. The molecular weight excluding hydrogens is 216 g/mol. The normalized spacial score (nSPS) is 16.1. The number of rotatable bonds is 4. The molecule has 0 saturated carbocycles. The molecule has 0 heterocycles. The number of fused-ring (bicyclic) bond motifs is 1. The fraction of sp³-hybridized carbons (Fsp3) is 0.462. The molecule has 0 aromatic heterocycles. The van der Waals surface area contributed by atoms with Crippen LogP contribution in [0.4, 0.5) is 5.69 Å². The summed E-state index contributed by atoms with van der Waals surface area (Å²) in [6.45, 7) is 0.270. The van der Waals surface area contributed by atoms with E-state index in [-0.39, 0.29) is 6.54 Å². The second-order valence-electron chi connectivity index (χ2n) is 4.48. The van der Waals surface area contributed by atoms with Crippen molar-refractivity contribution in [2.45, 2.75) is 31.7 Å². The molecule has 1 atom stereocenters. The number of aryl methyl sites for hydroxylation is 1. The second-order valence-corrected chi connectivity index (χ2v) is 4.48. The van der Waals surface area contributed by atoms with E-state index in [9.17, 15) is 4.79 Å². The van der Waals surface area contributed by atoms with Gasteiger partial charge in [0.1, 0.15) is 6.04 Å². The maximum Gasteiger partial charge on any atom is 0.322 e. The first-order valence-electron chi connectivity index (χ1n) is 6.01. The van der Waals surface area contributed by atoms with Gasteiger partial charge in [-0.15, -0.1) is 0 Å². The van der Waals surface area contributed by atoms with Gasteiger partial charge in [0.05, 0.1) is 0 Å². The van der Waals surface area contributed by atoms with Gasteiger partial charge < -0.3 is 16.2 Å². The predicted octanol–water partition coefficient (Wildman–Crippen LogP) is 1.39. The molecule has 1 aromatic carbocycles. The van der Waals surface area contributed by atoms with Gasteiger partial charge in [-0.05, 0) is 42.9 Å². The van der Waals surface area contributed by atoms with Gasteiger partial charge in [-0.2, -0.15) is 0 Å². The van der Waals surface area contributed by atoms with E-state index < -0.39 is 12.0 Å². The number of anilines is 1.